The Bertz CT molecular complexity index is 957. The molecule has 152 valence electrons. The molecule has 0 aliphatic heterocycles. The van der Waals surface area contributed by atoms with E-state index in [-0.39, 0.29) is 29.7 Å². The minimum absolute atomic E-state index is 0.00359. The van der Waals surface area contributed by atoms with Crippen molar-refractivity contribution in [2.45, 2.75) is 44.0 Å². The zero-order chi connectivity index (χ0) is 20.4. The monoisotopic (exact) mass is 404 g/mol. The number of rotatable bonds is 4. The molecule has 1 amide bonds. The lowest BCUT2D eigenvalue weighted by molar-refractivity contribution is -0.137. The van der Waals surface area contributed by atoms with Gasteiger partial charge in [-0.25, -0.2) is 4.98 Å². The van der Waals surface area contributed by atoms with Gasteiger partial charge in [0.05, 0.1) is 5.56 Å². The highest BCUT2D eigenvalue weighted by atomic mass is 19.4. The first-order valence-electron chi connectivity index (χ1n) is 9.38. The highest BCUT2D eigenvalue weighted by Gasteiger charge is 2.31. The van der Waals surface area contributed by atoms with Crippen molar-refractivity contribution >= 4 is 16.9 Å². The fraction of sp³-hybridized carbons (Fsp3) is 0.333. The van der Waals surface area contributed by atoms with Gasteiger partial charge in [0.25, 0.3) is 5.91 Å². The number of aromatic nitrogens is 1. The van der Waals surface area contributed by atoms with E-state index in [0.29, 0.717) is 31.3 Å². The van der Waals surface area contributed by atoms with Gasteiger partial charge in [0, 0.05) is 23.7 Å². The zero-order valence-corrected chi connectivity index (χ0v) is 15.4. The van der Waals surface area contributed by atoms with Crippen LogP contribution in [-0.4, -0.2) is 23.0 Å². The van der Waals surface area contributed by atoms with Gasteiger partial charge in [0.1, 0.15) is 11.7 Å². The Morgan fingerprint density at radius 3 is 2.52 bits per heavy atom. The van der Waals surface area contributed by atoms with E-state index in [2.05, 4.69) is 10.3 Å². The Hall–Kier alpha value is -3.03. The van der Waals surface area contributed by atoms with E-state index >= 15 is 0 Å². The van der Waals surface area contributed by atoms with Gasteiger partial charge in [-0.15, -0.1) is 0 Å². The van der Waals surface area contributed by atoms with Crippen molar-refractivity contribution in [2.24, 2.45) is 0 Å². The molecule has 1 fully saturated rings. The number of nitrogens with one attached hydrogen (secondary N) is 1. The van der Waals surface area contributed by atoms with Crippen LogP contribution in [0.3, 0.4) is 0 Å². The smallest absolute Gasteiger partial charge is 0.417 e. The topological polar surface area (TPSA) is 64.4 Å². The molecule has 4 rings (SSSR count). The van der Waals surface area contributed by atoms with Crippen molar-refractivity contribution < 1.29 is 27.1 Å². The summed E-state index contributed by atoms with van der Waals surface area (Å²) >= 11 is 0. The fourth-order valence-corrected chi connectivity index (χ4v) is 3.46. The second kappa shape index (κ2) is 7.77. The molecule has 8 heteroatoms. The van der Waals surface area contributed by atoms with Crippen LogP contribution in [0.15, 0.2) is 53.1 Å². The maximum atomic E-state index is 12.6. The van der Waals surface area contributed by atoms with E-state index in [4.69, 9.17) is 9.15 Å². The van der Waals surface area contributed by atoms with Crippen LogP contribution < -0.4 is 10.1 Å². The molecule has 0 atom stereocenters. The zero-order valence-electron chi connectivity index (χ0n) is 15.4. The van der Waals surface area contributed by atoms with Crippen LogP contribution in [-0.2, 0) is 6.18 Å². The average molecular weight is 404 g/mol. The van der Waals surface area contributed by atoms with Gasteiger partial charge in [0.2, 0.25) is 5.88 Å². The number of amides is 1. The lowest BCUT2D eigenvalue weighted by Gasteiger charge is -2.29. The maximum absolute atomic E-state index is 12.6. The van der Waals surface area contributed by atoms with Gasteiger partial charge in [-0.1, -0.05) is 18.2 Å². The van der Waals surface area contributed by atoms with Crippen molar-refractivity contribution in [1.29, 1.82) is 0 Å². The first-order valence-corrected chi connectivity index (χ1v) is 9.38. The molecule has 0 saturated heterocycles. The molecular formula is C21H19F3N2O3. The maximum Gasteiger partial charge on any atom is 0.417 e. The van der Waals surface area contributed by atoms with Crippen LogP contribution in [0.1, 0.15) is 41.8 Å². The number of carbonyl (C=O) groups is 1. The summed E-state index contributed by atoms with van der Waals surface area (Å²) in [4.78, 5) is 16.2. The van der Waals surface area contributed by atoms with Crippen molar-refractivity contribution in [1.82, 2.24) is 10.3 Å². The number of fused-ring (bicyclic) bond motifs is 1. The number of carbonyl (C=O) groups excluding carboxylic acids is 1. The molecule has 0 spiro atoms. The van der Waals surface area contributed by atoms with Crippen molar-refractivity contribution in [2.75, 3.05) is 0 Å². The number of nitrogens with zero attached hydrogens (tertiary/aromatic N) is 1. The van der Waals surface area contributed by atoms with Gasteiger partial charge < -0.3 is 14.5 Å². The summed E-state index contributed by atoms with van der Waals surface area (Å²) in [6.07, 6.45) is -1.02. The molecule has 1 aromatic carbocycles. The van der Waals surface area contributed by atoms with E-state index in [1.807, 2.05) is 24.3 Å². The molecular weight excluding hydrogens is 385 g/mol. The number of halogens is 3. The Kier molecular flexibility index (Phi) is 5.17. The standard InChI is InChI=1S/C21H19F3N2O3/c22-21(23,24)14-5-10-19(25-12-14)28-16-8-6-15(7-9-16)26-20(27)18-11-13-3-1-2-4-17(13)29-18/h1-5,10-12,15-16H,6-9H2,(H,26,27). The Morgan fingerprint density at radius 1 is 1.10 bits per heavy atom. The number of furan rings is 1. The fourth-order valence-electron chi connectivity index (χ4n) is 3.46. The van der Waals surface area contributed by atoms with Gasteiger partial charge in [-0.2, -0.15) is 13.2 Å². The van der Waals surface area contributed by atoms with Gasteiger partial charge in [-0.05, 0) is 43.9 Å². The van der Waals surface area contributed by atoms with E-state index in [0.717, 1.165) is 17.6 Å². The summed E-state index contributed by atoms with van der Waals surface area (Å²) in [6.45, 7) is 0. The molecule has 1 N–H and O–H groups in total. The molecule has 0 unspecified atom stereocenters. The average Bonchev–Trinajstić information content (AvgIpc) is 3.14. The van der Waals surface area contributed by atoms with E-state index in [1.165, 1.54) is 6.07 Å². The van der Waals surface area contributed by atoms with Crippen molar-refractivity contribution in [3.8, 4) is 5.88 Å². The van der Waals surface area contributed by atoms with E-state index in [9.17, 15) is 18.0 Å². The van der Waals surface area contributed by atoms with E-state index in [1.54, 1.807) is 6.07 Å². The lowest BCUT2D eigenvalue weighted by Crippen LogP contribution is -2.39. The number of para-hydroxylation sites is 1. The summed E-state index contributed by atoms with van der Waals surface area (Å²) in [6, 6.07) is 11.3. The van der Waals surface area contributed by atoms with Gasteiger partial charge >= 0.3 is 6.18 Å². The number of hydrogen-bond donors (Lipinski definition) is 1. The van der Waals surface area contributed by atoms with Gasteiger partial charge in [-0.3, -0.25) is 4.79 Å². The molecule has 0 bridgehead atoms. The van der Waals surface area contributed by atoms with Crippen LogP contribution in [0.5, 0.6) is 5.88 Å². The summed E-state index contributed by atoms with van der Waals surface area (Å²) in [7, 11) is 0. The second-order valence-corrected chi connectivity index (χ2v) is 7.10. The Morgan fingerprint density at radius 2 is 1.86 bits per heavy atom. The Balaban J connectivity index is 1.28. The molecule has 0 radical (unpaired) electrons. The molecule has 2 heterocycles. The molecule has 1 saturated carbocycles. The SMILES string of the molecule is O=C(NC1CCC(Oc2ccc(C(F)(F)F)cn2)CC1)c1cc2ccccc2o1. The third-order valence-electron chi connectivity index (χ3n) is 5.01. The largest absolute Gasteiger partial charge is 0.474 e. The molecule has 1 aliphatic carbocycles. The summed E-state index contributed by atoms with van der Waals surface area (Å²) in [5.41, 5.74) is -0.138. The van der Waals surface area contributed by atoms with Gasteiger partial charge in [0.15, 0.2) is 5.76 Å². The predicted octanol–water partition coefficient (Wildman–Crippen LogP) is 4.97. The number of alkyl halides is 3. The minimum Gasteiger partial charge on any atom is -0.474 e. The first kappa shape index (κ1) is 19.3. The number of pyridine rings is 1. The number of ether oxygens (including phenoxy) is 1. The third kappa shape index (κ3) is 4.52. The van der Waals surface area contributed by atoms with Crippen LogP contribution in [0, 0.1) is 0 Å². The van der Waals surface area contributed by atoms with Crippen LogP contribution in [0.25, 0.3) is 11.0 Å². The number of benzene rings is 1. The van der Waals surface area contributed by atoms with Crippen LogP contribution in [0.2, 0.25) is 0 Å². The lowest BCUT2D eigenvalue weighted by atomic mass is 9.93. The minimum atomic E-state index is -4.42. The molecule has 29 heavy (non-hydrogen) atoms. The summed E-state index contributed by atoms with van der Waals surface area (Å²) in [5.74, 6) is 0.196. The Labute approximate surface area is 164 Å². The summed E-state index contributed by atoms with van der Waals surface area (Å²) in [5, 5.41) is 3.85. The van der Waals surface area contributed by atoms with E-state index < -0.39 is 11.7 Å². The normalized spacial score (nSPS) is 19.8. The summed E-state index contributed by atoms with van der Waals surface area (Å²) < 4.78 is 49.0. The molecule has 3 aromatic rings. The third-order valence-corrected chi connectivity index (χ3v) is 5.01. The predicted molar refractivity (Wildman–Crippen MR) is 99.6 cm³/mol. The van der Waals surface area contributed by atoms with Crippen LogP contribution in [0.4, 0.5) is 13.2 Å². The second-order valence-electron chi connectivity index (χ2n) is 7.10. The van der Waals surface area contributed by atoms with Crippen molar-refractivity contribution in [3.63, 3.8) is 0 Å². The van der Waals surface area contributed by atoms with Crippen LogP contribution >= 0.6 is 0 Å². The molecule has 2 aromatic heterocycles. The molecule has 5 nitrogen and oxygen atoms in total. The first-order chi connectivity index (χ1) is 13.9. The molecule has 1 aliphatic rings. The quantitative estimate of drug-likeness (QED) is 0.667. The highest BCUT2D eigenvalue weighted by molar-refractivity contribution is 5.96. The van der Waals surface area contributed by atoms with Crippen molar-refractivity contribution in [3.05, 3.63) is 60.0 Å². The number of hydrogen-bond acceptors (Lipinski definition) is 4. The highest BCUT2D eigenvalue weighted by Crippen LogP contribution is 2.30.